The summed E-state index contributed by atoms with van der Waals surface area (Å²) in [4.78, 5) is 0. The van der Waals surface area contributed by atoms with Crippen LogP contribution in [0.5, 0.6) is 23.0 Å². The van der Waals surface area contributed by atoms with Gasteiger partial charge in [-0.3, -0.25) is 0 Å². The van der Waals surface area contributed by atoms with E-state index in [0.717, 1.165) is 67.0 Å². The summed E-state index contributed by atoms with van der Waals surface area (Å²) in [7, 11) is -4.04. The standard InChI is InChI=1S/C72H100O4P2/c1-45-37-59(55(69(17,18)19)41-51(45)65(5,6)7)73-77(74-60-38-46(2)52(66(8,9)10)42-56(60)70(20,21)22)63-36-32-35-50(49-33-30-29-31-34-49)64(63)78(75-61-39-47(3)53(67(11,12)13)43-57(61)71(23,24)25)76-62-40-48(4)54(68(14,15)16)44-58(62)72(26,27)28/h29-44H,1-28H3. The van der Waals surface area contributed by atoms with Crippen molar-refractivity contribution in [1.82, 2.24) is 0 Å². The predicted octanol–water partition coefficient (Wildman–Crippen LogP) is 21.2. The van der Waals surface area contributed by atoms with Crippen LogP contribution in [-0.2, 0) is 43.3 Å². The minimum absolute atomic E-state index is 0.0792. The van der Waals surface area contributed by atoms with Crippen LogP contribution in [-0.4, -0.2) is 0 Å². The summed E-state index contributed by atoms with van der Waals surface area (Å²) >= 11 is 0. The van der Waals surface area contributed by atoms with Crippen LogP contribution in [0.25, 0.3) is 11.1 Å². The molecule has 0 saturated heterocycles. The van der Waals surface area contributed by atoms with Gasteiger partial charge in [0.05, 0.1) is 10.6 Å². The fourth-order valence-electron chi connectivity index (χ4n) is 10.9. The maximum Gasteiger partial charge on any atom is 0.327 e. The Morgan fingerprint density at radius 1 is 0.269 bits per heavy atom. The highest BCUT2D eigenvalue weighted by molar-refractivity contribution is 7.64. The van der Waals surface area contributed by atoms with Crippen LogP contribution in [0.15, 0.2) is 97.1 Å². The molecule has 78 heavy (non-hydrogen) atoms. The number of hydrogen-bond donors (Lipinski definition) is 0. The van der Waals surface area contributed by atoms with Crippen molar-refractivity contribution in [2.75, 3.05) is 0 Å². The van der Waals surface area contributed by atoms with Crippen molar-refractivity contribution >= 4 is 27.4 Å². The van der Waals surface area contributed by atoms with E-state index < -0.39 is 16.8 Å². The van der Waals surface area contributed by atoms with Gasteiger partial charge in [-0.15, -0.1) is 0 Å². The first kappa shape index (κ1) is 62.6. The third kappa shape index (κ3) is 14.3. The minimum atomic E-state index is -2.04. The van der Waals surface area contributed by atoms with Crippen molar-refractivity contribution in [3.63, 3.8) is 0 Å². The summed E-state index contributed by atoms with van der Waals surface area (Å²) in [5, 5.41) is 1.81. The molecular formula is C72H100O4P2. The summed E-state index contributed by atoms with van der Waals surface area (Å²) in [6.45, 7) is 63.9. The van der Waals surface area contributed by atoms with E-state index in [1.807, 2.05) is 0 Å². The second kappa shape index (κ2) is 22.0. The van der Waals surface area contributed by atoms with Gasteiger partial charge >= 0.3 is 16.8 Å². The lowest BCUT2D eigenvalue weighted by molar-refractivity contribution is 0.462. The van der Waals surface area contributed by atoms with Gasteiger partial charge < -0.3 is 18.1 Å². The monoisotopic (exact) mass is 1090 g/mol. The molecule has 0 amide bonds. The van der Waals surface area contributed by atoms with E-state index in [1.54, 1.807) is 0 Å². The number of rotatable bonds is 11. The molecule has 422 valence electrons. The molecule has 0 heterocycles. The summed E-state index contributed by atoms with van der Waals surface area (Å²) in [5.74, 6) is 3.25. The molecule has 0 aliphatic carbocycles. The van der Waals surface area contributed by atoms with Crippen LogP contribution in [0.3, 0.4) is 0 Å². The summed E-state index contributed by atoms with van der Waals surface area (Å²) in [5.41, 5.74) is 15.1. The molecule has 0 saturated carbocycles. The lowest BCUT2D eigenvalue weighted by Crippen LogP contribution is -2.31. The molecular weight excluding hydrogens is 991 g/mol. The molecule has 4 nitrogen and oxygen atoms in total. The Labute approximate surface area is 478 Å². The zero-order chi connectivity index (χ0) is 58.8. The molecule has 0 aromatic heterocycles. The van der Waals surface area contributed by atoms with Crippen molar-refractivity contribution in [3.8, 4) is 34.1 Å². The highest BCUT2D eigenvalue weighted by Gasteiger charge is 2.39. The van der Waals surface area contributed by atoms with Gasteiger partial charge in [-0.1, -0.05) is 233 Å². The largest absolute Gasteiger partial charge is 0.435 e. The van der Waals surface area contributed by atoms with Gasteiger partial charge in [0.1, 0.15) is 23.0 Å². The minimum Gasteiger partial charge on any atom is -0.435 e. The average molecular weight is 1090 g/mol. The van der Waals surface area contributed by atoms with Gasteiger partial charge in [0, 0.05) is 22.3 Å². The Morgan fingerprint density at radius 2 is 0.526 bits per heavy atom. The van der Waals surface area contributed by atoms with Crippen molar-refractivity contribution in [2.24, 2.45) is 0 Å². The van der Waals surface area contributed by atoms with Gasteiger partial charge in [0.15, 0.2) is 0 Å². The second-order valence-corrected chi connectivity index (χ2v) is 33.3. The maximum absolute atomic E-state index is 7.91. The van der Waals surface area contributed by atoms with E-state index in [-0.39, 0.29) is 43.3 Å². The molecule has 0 N–H and O–H groups in total. The first-order valence-electron chi connectivity index (χ1n) is 28.5. The van der Waals surface area contributed by atoms with E-state index in [0.29, 0.717) is 0 Å². The van der Waals surface area contributed by atoms with Crippen LogP contribution >= 0.6 is 16.8 Å². The third-order valence-corrected chi connectivity index (χ3v) is 18.2. The van der Waals surface area contributed by atoms with Gasteiger partial charge in [-0.2, -0.15) is 0 Å². The Balaban J connectivity index is 1.83. The van der Waals surface area contributed by atoms with Crippen molar-refractivity contribution in [2.45, 2.75) is 237 Å². The molecule has 0 radical (unpaired) electrons. The molecule has 0 fully saturated rings. The van der Waals surface area contributed by atoms with E-state index >= 15 is 0 Å². The SMILES string of the molecule is Cc1cc(OP(Oc2cc(C)c(C(C)(C)C)cc2C(C)(C)C)c2cccc(-c3ccccc3)c2P(Oc2cc(C)c(C(C)(C)C)cc2C(C)(C)C)Oc2cc(C)c(C(C)(C)C)cc2C(C)(C)C)c(C(C)(C)C)cc1C(C)(C)C. The normalized spacial score (nSPS) is 13.4. The van der Waals surface area contributed by atoms with Gasteiger partial charge in [0.25, 0.3) is 0 Å². The Kier molecular flexibility index (Phi) is 17.7. The molecule has 0 unspecified atom stereocenters. The second-order valence-electron chi connectivity index (χ2n) is 30.6. The van der Waals surface area contributed by atoms with Gasteiger partial charge in [0.2, 0.25) is 0 Å². The van der Waals surface area contributed by atoms with E-state index in [4.69, 9.17) is 18.1 Å². The predicted molar refractivity (Wildman–Crippen MR) is 342 cm³/mol. The van der Waals surface area contributed by atoms with Gasteiger partial charge in [-0.05, 0) is 157 Å². The van der Waals surface area contributed by atoms with Crippen LogP contribution in [0.2, 0.25) is 0 Å². The lowest BCUT2D eigenvalue weighted by atomic mass is 9.78. The van der Waals surface area contributed by atoms with Crippen LogP contribution in [0.4, 0.5) is 0 Å². The van der Waals surface area contributed by atoms with Crippen molar-refractivity contribution in [3.05, 3.63) is 164 Å². The van der Waals surface area contributed by atoms with Crippen LogP contribution in [0.1, 0.15) is 233 Å². The number of aryl methyl sites for hydroxylation is 4. The fraction of sp³-hybridized carbons (Fsp3) is 0.500. The van der Waals surface area contributed by atoms with Gasteiger partial charge in [-0.25, -0.2) is 0 Å². The number of hydrogen-bond acceptors (Lipinski definition) is 4. The lowest BCUT2D eigenvalue weighted by Gasteiger charge is -2.34. The summed E-state index contributed by atoms with van der Waals surface area (Å²) < 4.78 is 31.5. The number of benzene rings is 6. The summed E-state index contributed by atoms with van der Waals surface area (Å²) in [6, 6.07) is 35.9. The van der Waals surface area contributed by atoms with Crippen molar-refractivity contribution in [1.29, 1.82) is 0 Å². The molecule has 0 aliphatic heterocycles. The average Bonchev–Trinajstić information content (AvgIpc) is 3.26. The van der Waals surface area contributed by atoms with E-state index in [1.165, 1.54) is 44.5 Å². The maximum atomic E-state index is 7.91. The zero-order valence-electron chi connectivity index (χ0n) is 53.8. The molecule has 0 bridgehead atoms. The summed E-state index contributed by atoms with van der Waals surface area (Å²) in [6.07, 6.45) is 0. The molecule has 6 heteroatoms. The van der Waals surface area contributed by atoms with Crippen LogP contribution < -0.4 is 28.7 Å². The Hall–Kier alpha value is -4.62. The van der Waals surface area contributed by atoms with E-state index in [2.05, 4.69) is 291 Å². The molecule has 0 aliphatic rings. The molecule has 0 atom stereocenters. The van der Waals surface area contributed by atoms with Crippen molar-refractivity contribution < 1.29 is 18.1 Å². The molecule has 0 spiro atoms. The highest BCUT2D eigenvalue weighted by atomic mass is 31.2. The third-order valence-electron chi connectivity index (χ3n) is 15.0. The molecule has 6 rings (SSSR count). The Bertz CT molecular complexity index is 2950. The quantitative estimate of drug-likeness (QED) is 0.121. The Morgan fingerprint density at radius 3 is 0.782 bits per heavy atom. The first-order chi connectivity index (χ1) is 35.4. The fourth-order valence-corrected chi connectivity index (χ4v) is 14.3. The highest BCUT2D eigenvalue weighted by Crippen LogP contribution is 2.54. The van der Waals surface area contributed by atoms with Crippen LogP contribution in [0, 0.1) is 27.7 Å². The molecule has 6 aromatic rings. The van der Waals surface area contributed by atoms with E-state index in [9.17, 15) is 0 Å². The molecule has 6 aromatic carbocycles. The zero-order valence-corrected chi connectivity index (χ0v) is 55.6. The first-order valence-corrected chi connectivity index (χ1v) is 30.9. The smallest absolute Gasteiger partial charge is 0.327 e. The topological polar surface area (TPSA) is 36.9 Å².